The largest absolute Gasteiger partial charge is 0.444 e. The van der Waals surface area contributed by atoms with E-state index in [1.165, 1.54) is 0 Å². The monoisotopic (exact) mass is 328 g/mol. The molecule has 21 heavy (non-hydrogen) atoms. The molecule has 2 amide bonds. The average Bonchev–Trinajstić information content (AvgIpc) is 2.66. The SMILES string of the molecule is CC(C)(C)OC(=O)N1CCC(C=C2SC(=O)NC2=S)CC1. The van der Waals surface area contributed by atoms with Crippen LogP contribution >= 0.6 is 24.0 Å². The number of ether oxygens (including phenoxy) is 1. The molecule has 2 fully saturated rings. The Morgan fingerprint density at radius 1 is 1.43 bits per heavy atom. The van der Waals surface area contributed by atoms with Gasteiger partial charge in [-0.15, -0.1) is 0 Å². The molecule has 5 nitrogen and oxygen atoms in total. The van der Waals surface area contributed by atoms with Gasteiger partial charge in [-0.3, -0.25) is 4.79 Å². The molecule has 2 aliphatic heterocycles. The number of rotatable bonds is 1. The van der Waals surface area contributed by atoms with Gasteiger partial charge in [0, 0.05) is 18.0 Å². The lowest BCUT2D eigenvalue weighted by Crippen LogP contribution is -2.41. The zero-order valence-corrected chi connectivity index (χ0v) is 14.1. The molecule has 0 spiro atoms. The second kappa shape index (κ2) is 6.36. The first kappa shape index (κ1) is 16.3. The fourth-order valence-corrected chi connectivity index (χ4v) is 3.33. The van der Waals surface area contributed by atoms with Crippen molar-refractivity contribution in [1.29, 1.82) is 0 Å². The minimum absolute atomic E-state index is 0.113. The van der Waals surface area contributed by atoms with Crippen molar-refractivity contribution >= 4 is 40.3 Å². The Morgan fingerprint density at radius 2 is 2.05 bits per heavy atom. The maximum atomic E-state index is 12.0. The van der Waals surface area contributed by atoms with Crippen LogP contribution in [0.25, 0.3) is 0 Å². The van der Waals surface area contributed by atoms with Gasteiger partial charge < -0.3 is 15.0 Å². The number of nitrogens with one attached hydrogen (secondary N) is 1. The summed E-state index contributed by atoms with van der Waals surface area (Å²) in [4.78, 5) is 26.3. The Bertz CT molecular complexity index is 489. The highest BCUT2D eigenvalue weighted by molar-refractivity contribution is 8.19. The lowest BCUT2D eigenvalue weighted by Gasteiger charge is -2.32. The van der Waals surface area contributed by atoms with E-state index in [9.17, 15) is 9.59 Å². The molecule has 2 rings (SSSR count). The van der Waals surface area contributed by atoms with Crippen LogP contribution in [-0.2, 0) is 4.74 Å². The Hall–Kier alpha value is -1.08. The number of piperidine rings is 1. The molecule has 2 aliphatic rings. The molecule has 0 saturated carbocycles. The van der Waals surface area contributed by atoms with Gasteiger partial charge in [-0.1, -0.05) is 18.3 Å². The van der Waals surface area contributed by atoms with Crippen LogP contribution < -0.4 is 5.32 Å². The molecule has 0 atom stereocenters. The van der Waals surface area contributed by atoms with E-state index >= 15 is 0 Å². The molecule has 0 aliphatic carbocycles. The maximum absolute atomic E-state index is 12.0. The van der Waals surface area contributed by atoms with Crippen molar-refractivity contribution in [2.75, 3.05) is 13.1 Å². The van der Waals surface area contributed by atoms with Gasteiger partial charge in [0.15, 0.2) is 0 Å². The quantitative estimate of drug-likeness (QED) is 0.591. The van der Waals surface area contributed by atoms with E-state index in [4.69, 9.17) is 17.0 Å². The number of thiocarbonyl (C=S) groups is 1. The number of hydrogen-bond acceptors (Lipinski definition) is 5. The van der Waals surface area contributed by atoms with Crippen LogP contribution in [-0.4, -0.2) is 39.9 Å². The van der Waals surface area contributed by atoms with E-state index in [-0.39, 0.29) is 11.3 Å². The Morgan fingerprint density at radius 3 is 2.52 bits per heavy atom. The van der Waals surface area contributed by atoms with Crippen molar-refractivity contribution in [2.45, 2.75) is 39.2 Å². The van der Waals surface area contributed by atoms with E-state index in [1.54, 1.807) is 4.90 Å². The highest BCUT2D eigenvalue weighted by Crippen LogP contribution is 2.29. The summed E-state index contributed by atoms with van der Waals surface area (Å²) in [5.74, 6) is 0.344. The Labute approximate surface area is 134 Å². The summed E-state index contributed by atoms with van der Waals surface area (Å²) < 4.78 is 5.37. The van der Waals surface area contributed by atoms with E-state index < -0.39 is 5.60 Å². The molecule has 0 aromatic carbocycles. The Balaban J connectivity index is 1.86. The summed E-state index contributed by atoms with van der Waals surface area (Å²) in [6, 6.07) is 0. The van der Waals surface area contributed by atoms with Crippen LogP contribution in [0.15, 0.2) is 11.0 Å². The molecule has 0 aromatic heterocycles. The first-order chi connectivity index (χ1) is 9.74. The number of allylic oxidation sites excluding steroid dienone is 1. The predicted molar refractivity (Wildman–Crippen MR) is 87.3 cm³/mol. The van der Waals surface area contributed by atoms with Gasteiger partial charge in [0.25, 0.3) is 5.24 Å². The fraction of sp³-hybridized carbons (Fsp3) is 0.643. The fourth-order valence-electron chi connectivity index (χ4n) is 2.22. The smallest absolute Gasteiger partial charge is 0.410 e. The van der Waals surface area contributed by atoms with Crippen molar-refractivity contribution < 1.29 is 14.3 Å². The van der Waals surface area contributed by atoms with Gasteiger partial charge in [-0.2, -0.15) is 0 Å². The molecule has 0 unspecified atom stereocenters. The van der Waals surface area contributed by atoms with Gasteiger partial charge in [-0.25, -0.2) is 4.79 Å². The number of amides is 2. The van der Waals surface area contributed by atoms with E-state index in [2.05, 4.69) is 11.4 Å². The van der Waals surface area contributed by atoms with Crippen molar-refractivity contribution in [2.24, 2.45) is 5.92 Å². The standard InChI is InChI=1S/C14H20N2O3S2/c1-14(2,3)19-13(18)16-6-4-9(5-7-16)8-10-11(20)15-12(17)21-10/h8-9H,4-7H2,1-3H3,(H,15,17,20). The second-order valence-corrected chi connectivity index (χ2v) is 7.60. The molecule has 1 N–H and O–H groups in total. The molecule has 116 valence electrons. The highest BCUT2D eigenvalue weighted by Gasteiger charge is 2.28. The summed E-state index contributed by atoms with van der Waals surface area (Å²) in [6.07, 6.45) is 3.52. The summed E-state index contributed by atoms with van der Waals surface area (Å²) in [5.41, 5.74) is -0.464. The predicted octanol–water partition coefficient (Wildman–Crippen LogP) is 3.30. The zero-order valence-electron chi connectivity index (χ0n) is 12.5. The summed E-state index contributed by atoms with van der Waals surface area (Å²) in [5, 5.41) is 2.50. The van der Waals surface area contributed by atoms with Crippen LogP contribution in [0, 0.1) is 5.92 Å². The first-order valence-electron chi connectivity index (χ1n) is 6.97. The lowest BCUT2D eigenvalue weighted by molar-refractivity contribution is 0.0197. The normalized spacial score (nSPS) is 22.6. The first-order valence-corrected chi connectivity index (χ1v) is 8.20. The van der Waals surface area contributed by atoms with Gasteiger partial charge in [0.05, 0.1) is 0 Å². The van der Waals surface area contributed by atoms with Crippen LogP contribution in [0.1, 0.15) is 33.6 Å². The molecule has 0 aromatic rings. The van der Waals surface area contributed by atoms with E-state index in [1.807, 2.05) is 20.8 Å². The molecular formula is C14H20N2O3S2. The summed E-state index contributed by atoms with van der Waals surface area (Å²) >= 11 is 6.25. The second-order valence-electron chi connectivity index (χ2n) is 6.18. The lowest BCUT2D eigenvalue weighted by atomic mass is 9.96. The Kier molecular flexibility index (Phi) is 4.93. The summed E-state index contributed by atoms with van der Waals surface area (Å²) in [6.45, 7) is 6.93. The highest BCUT2D eigenvalue weighted by atomic mass is 32.2. The van der Waals surface area contributed by atoms with Crippen molar-refractivity contribution in [3.63, 3.8) is 0 Å². The van der Waals surface area contributed by atoms with E-state index in [0.717, 1.165) is 29.5 Å². The third-order valence-corrected chi connectivity index (χ3v) is 4.52. The number of thioether (sulfide) groups is 1. The average molecular weight is 328 g/mol. The summed E-state index contributed by atoms with van der Waals surface area (Å²) in [7, 11) is 0. The molecule has 2 saturated heterocycles. The van der Waals surface area contributed by atoms with Crippen LogP contribution in [0.5, 0.6) is 0 Å². The molecule has 0 radical (unpaired) electrons. The van der Waals surface area contributed by atoms with Crippen LogP contribution in [0.2, 0.25) is 0 Å². The zero-order chi connectivity index (χ0) is 15.6. The van der Waals surface area contributed by atoms with Crippen molar-refractivity contribution in [1.82, 2.24) is 10.2 Å². The van der Waals surface area contributed by atoms with Gasteiger partial charge in [0.2, 0.25) is 0 Å². The molecule has 7 heteroatoms. The van der Waals surface area contributed by atoms with Crippen molar-refractivity contribution in [3.8, 4) is 0 Å². The van der Waals surface area contributed by atoms with Gasteiger partial charge in [-0.05, 0) is 51.3 Å². The van der Waals surface area contributed by atoms with Crippen LogP contribution in [0.4, 0.5) is 9.59 Å². The maximum Gasteiger partial charge on any atom is 0.410 e. The molecular weight excluding hydrogens is 308 g/mol. The number of carbonyl (C=O) groups excluding carboxylic acids is 2. The third-order valence-electron chi connectivity index (χ3n) is 3.22. The number of hydrogen-bond donors (Lipinski definition) is 1. The van der Waals surface area contributed by atoms with Gasteiger partial charge in [0.1, 0.15) is 10.6 Å². The topological polar surface area (TPSA) is 58.6 Å². The third kappa shape index (κ3) is 4.71. The molecule has 0 bridgehead atoms. The molecule has 2 heterocycles. The van der Waals surface area contributed by atoms with Crippen molar-refractivity contribution in [3.05, 3.63) is 11.0 Å². The van der Waals surface area contributed by atoms with E-state index in [0.29, 0.717) is 24.0 Å². The number of carbonyl (C=O) groups is 2. The number of likely N-dealkylation sites (tertiary alicyclic amines) is 1. The van der Waals surface area contributed by atoms with Gasteiger partial charge >= 0.3 is 6.09 Å². The number of nitrogens with zero attached hydrogens (tertiary/aromatic N) is 1. The van der Waals surface area contributed by atoms with Crippen LogP contribution in [0.3, 0.4) is 0 Å². The minimum Gasteiger partial charge on any atom is -0.444 e. The minimum atomic E-state index is -0.464.